The largest absolute Gasteiger partial charge is 0.372 e. The van der Waals surface area contributed by atoms with Crippen molar-refractivity contribution in [3.63, 3.8) is 0 Å². The lowest BCUT2D eigenvalue weighted by Crippen LogP contribution is -2.63. The second-order valence-electron chi connectivity index (χ2n) is 14.8. The quantitative estimate of drug-likeness (QED) is 0.233. The molecule has 4 aromatic carbocycles. The topological polar surface area (TPSA) is 36.3 Å². The van der Waals surface area contributed by atoms with Crippen LogP contribution in [0.3, 0.4) is 0 Å². The molecule has 2 heterocycles. The van der Waals surface area contributed by atoms with Crippen LogP contribution in [0.1, 0.15) is 81.3 Å². The van der Waals surface area contributed by atoms with Crippen LogP contribution in [0.4, 0.5) is 0 Å². The number of rotatable bonds is 4. The molecule has 0 N–H and O–H groups in total. The van der Waals surface area contributed by atoms with E-state index in [2.05, 4.69) is 83.8 Å². The smallest absolute Gasteiger partial charge is 0.0991 e. The highest BCUT2D eigenvalue weighted by molar-refractivity contribution is 5.75. The molecule has 0 amide bonds. The SMILES string of the molecule is N#Cc1ccc(-c2ccc(-c3cccc(-c4cccc(C5CC6OC7CCCCC7N7C8CCCCC8C(C5)C67)c4)c3)cc2)cc1. The van der Waals surface area contributed by atoms with Gasteiger partial charge in [0.1, 0.15) is 0 Å². The van der Waals surface area contributed by atoms with Gasteiger partial charge in [-0.15, -0.1) is 0 Å². The summed E-state index contributed by atoms with van der Waals surface area (Å²) in [4.78, 5) is 3.08. The van der Waals surface area contributed by atoms with Crippen LogP contribution in [0.2, 0.25) is 0 Å². The molecule has 46 heavy (non-hydrogen) atoms. The van der Waals surface area contributed by atoms with E-state index in [1.165, 1.54) is 92.0 Å². The third kappa shape index (κ3) is 4.93. The lowest BCUT2D eigenvalue weighted by atomic mass is 9.67. The summed E-state index contributed by atoms with van der Waals surface area (Å²) < 4.78 is 7.10. The summed E-state index contributed by atoms with van der Waals surface area (Å²) >= 11 is 0. The third-order valence-corrected chi connectivity index (χ3v) is 12.5. The van der Waals surface area contributed by atoms with Gasteiger partial charge in [-0.05, 0) is 113 Å². The van der Waals surface area contributed by atoms with E-state index in [4.69, 9.17) is 10.00 Å². The standard InChI is InChI=1S/C43H44N2O/c44-27-28-15-17-29(18-16-28)30-19-21-31(22-20-30)32-7-5-8-33(23-32)34-9-6-10-35(24-34)36-25-38-37-11-1-2-12-39(37)45-40-13-3-4-14-41(40)46-42(26-36)43(38)45/h5-10,15-24,36-43H,1-4,11-14,25-26H2. The Hall–Kier alpha value is -3.71. The van der Waals surface area contributed by atoms with Gasteiger partial charge in [0.15, 0.2) is 0 Å². The maximum absolute atomic E-state index is 9.13. The highest BCUT2D eigenvalue weighted by Crippen LogP contribution is 2.57. The second-order valence-corrected chi connectivity index (χ2v) is 14.8. The van der Waals surface area contributed by atoms with Crippen molar-refractivity contribution in [2.24, 2.45) is 11.8 Å². The zero-order chi connectivity index (χ0) is 30.6. The zero-order valence-electron chi connectivity index (χ0n) is 26.7. The highest BCUT2D eigenvalue weighted by Gasteiger charge is 2.60. The van der Waals surface area contributed by atoms with Gasteiger partial charge in [0.2, 0.25) is 0 Å². The number of nitriles is 1. The monoisotopic (exact) mass is 604 g/mol. The Balaban J connectivity index is 0.976. The Morgan fingerprint density at radius 3 is 1.93 bits per heavy atom. The fraction of sp³-hybridized carbons (Fsp3) is 0.419. The summed E-state index contributed by atoms with van der Waals surface area (Å²) in [5.74, 6) is 2.24. The summed E-state index contributed by atoms with van der Waals surface area (Å²) in [7, 11) is 0. The van der Waals surface area contributed by atoms with Crippen LogP contribution >= 0.6 is 0 Å². The number of nitrogens with zero attached hydrogens (tertiary/aromatic N) is 2. The van der Waals surface area contributed by atoms with Gasteiger partial charge in [-0.2, -0.15) is 5.26 Å². The van der Waals surface area contributed by atoms with Gasteiger partial charge in [0.25, 0.3) is 0 Å². The van der Waals surface area contributed by atoms with E-state index in [9.17, 15) is 0 Å². The van der Waals surface area contributed by atoms with E-state index in [0.717, 1.165) is 29.0 Å². The first-order valence-corrected chi connectivity index (χ1v) is 18.0. The molecular formula is C43H44N2O. The Morgan fingerprint density at radius 1 is 0.565 bits per heavy atom. The summed E-state index contributed by atoms with van der Waals surface area (Å²) in [5.41, 5.74) is 9.55. The average molecular weight is 605 g/mol. The molecule has 3 aliphatic carbocycles. The molecule has 5 fully saturated rings. The average Bonchev–Trinajstić information content (AvgIpc) is 3.47. The molecule has 0 bridgehead atoms. The molecule has 5 aliphatic rings. The number of ether oxygens (including phenoxy) is 1. The summed E-state index contributed by atoms with van der Waals surface area (Å²) in [5, 5.41) is 9.13. The van der Waals surface area contributed by atoms with Crippen LogP contribution in [0.5, 0.6) is 0 Å². The van der Waals surface area contributed by atoms with Gasteiger partial charge in [0, 0.05) is 18.1 Å². The van der Waals surface area contributed by atoms with Gasteiger partial charge in [0.05, 0.1) is 23.8 Å². The minimum Gasteiger partial charge on any atom is -0.372 e. The Morgan fingerprint density at radius 2 is 1.17 bits per heavy atom. The van der Waals surface area contributed by atoms with Crippen molar-refractivity contribution in [2.75, 3.05) is 0 Å². The summed E-state index contributed by atoms with van der Waals surface area (Å²) in [6.45, 7) is 0. The van der Waals surface area contributed by atoms with Crippen molar-refractivity contribution in [2.45, 2.75) is 100 Å². The Labute approximate surface area is 274 Å². The number of fused-ring (bicyclic) bond motifs is 5. The molecule has 8 unspecified atom stereocenters. The minimum absolute atomic E-state index is 0.396. The van der Waals surface area contributed by atoms with E-state index in [-0.39, 0.29) is 0 Å². The minimum atomic E-state index is 0.396. The summed E-state index contributed by atoms with van der Waals surface area (Å²) in [6.07, 6.45) is 14.4. The Bertz CT molecular complexity index is 1750. The molecule has 3 nitrogen and oxygen atoms in total. The van der Waals surface area contributed by atoms with Crippen molar-refractivity contribution in [3.8, 4) is 39.4 Å². The van der Waals surface area contributed by atoms with Gasteiger partial charge in [-0.25, -0.2) is 0 Å². The van der Waals surface area contributed by atoms with Gasteiger partial charge < -0.3 is 4.74 Å². The van der Waals surface area contributed by atoms with Crippen LogP contribution in [0.15, 0.2) is 97.1 Å². The molecule has 2 aliphatic heterocycles. The molecule has 3 heteroatoms. The first kappa shape index (κ1) is 28.5. The van der Waals surface area contributed by atoms with Crippen molar-refractivity contribution >= 4 is 0 Å². The molecule has 232 valence electrons. The van der Waals surface area contributed by atoms with Gasteiger partial charge >= 0.3 is 0 Å². The number of hydrogen-bond donors (Lipinski definition) is 0. The van der Waals surface area contributed by atoms with Crippen molar-refractivity contribution in [1.29, 1.82) is 5.26 Å². The molecule has 0 spiro atoms. The Kier molecular flexibility index (Phi) is 7.33. The lowest BCUT2D eigenvalue weighted by molar-refractivity contribution is -0.179. The lowest BCUT2D eigenvalue weighted by Gasteiger charge is -2.54. The van der Waals surface area contributed by atoms with E-state index in [0.29, 0.717) is 35.8 Å². The van der Waals surface area contributed by atoms with Crippen molar-refractivity contribution < 1.29 is 4.74 Å². The maximum Gasteiger partial charge on any atom is 0.0991 e. The van der Waals surface area contributed by atoms with E-state index >= 15 is 0 Å². The predicted molar refractivity (Wildman–Crippen MR) is 185 cm³/mol. The van der Waals surface area contributed by atoms with Crippen LogP contribution < -0.4 is 0 Å². The molecule has 9 rings (SSSR count). The zero-order valence-corrected chi connectivity index (χ0v) is 26.7. The first-order valence-electron chi connectivity index (χ1n) is 18.0. The van der Waals surface area contributed by atoms with Crippen LogP contribution in [0.25, 0.3) is 33.4 Å². The van der Waals surface area contributed by atoms with Gasteiger partial charge in [-0.1, -0.05) is 105 Å². The molecule has 3 saturated carbocycles. The van der Waals surface area contributed by atoms with Crippen LogP contribution in [-0.2, 0) is 4.74 Å². The van der Waals surface area contributed by atoms with E-state index in [1.54, 1.807) is 0 Å². The molecule has 4 aromatic rings. The fourth-order valence-electron chi connectivity index (χ4n) is 10.5. The number of morpholine rings is 1. The fourth-order valence-corrected chi connectivity index (χ4v) is 10.5. The maximum atomic E-state index is 9.13. The van der Waals surface area contributed by atoms with E-state index < -0.39 is 0 Å². The first-order chi connectivity index (χ1) is 22.7. The molecule has 2 saturated heterocycles. The van der Waals surface area contributed by atoms with Crippen LogP contribution in [-0.4, -0.2) is 35.2 Å². The highest BCUT2D eigenvalue weighted by atomic mass is 16.5. The predicted octanol–water partition coefficient (Wildman–Crippen LogP) is 10.0. The number of benzene rings is 4. The van der Waals surface area contributed by atoms with E-state index in [1.807, 2.05) is 24.3 Å². The summed E-state index contributed by atoms with van der Waals surface area (Å²) in [6, 6.07) is 39.5. The molecule has 0 aromatic heterocycles. The molecule has 0 radical (unpaired) electrons. The van der Waals surface area contributed by atoms with Gasteiger partial charge in [-0.3, -0.25) is 4.90 Å². The molecule has 8 atom stereocenters. The second kappa shape index (κ2) is 11.8. The van der Waals surface area contributed by atoms with Crippen molar-refractivity contribution in [1.82, 2.24) is 4.90 Å². The normalized spacial score (nSPS) is 31.7. The van der Waals surface area contributed by atoms with Crippen LogP contribution in [0, 0.1) is 23.2 Å². The molecular weight excluding hydrogens is 560 g/mol. The third-order valence-electron chi connectivity index (χ3n) is 12.5. The number of hydrogen-bond acceptors (Lipinski definition) is 3. The van der Waals surface area contributed by atoms with Crippen molar-refractivity contribution in [3.05, 3.63) is 108 Å².